The molecule has 0 saturated carbocycles. The molecule has 1 aliphatic heterocycles. The molecular weight excluding hydrogens is 587 g/mol. The zero-order valence-corrected chi connectivity index (χ0v) is 23.5. The Kier molecular flexibility index (Phi) is 8.59. The number of nitrogens with one attached hydrogen (secondary N) is 1. The molecule has 4 aromatic carbocycles. The van der Waals surface area contributed by atoms with Gasteiger partial charge in [-0.15, -0.1) is 0 Å². The highest BCUT2D eigenvalue weighted by Gasteiger charge is 2.36. The van der Waals surface area contributed by atoms with Crippen molar-refractivity contribution in [3.63, 3.8) is 0 Å². The first kappa shape index (κ1) is 28.2. The van der Waals surface area contributed by atoms with Crippen LogP contribution in [0, 0.1) is 0 Å². The minimum atomic E-state index is -0.851. The van der Waals surface area contributed by atoms with Gasteiger partial charge in [-0.3, -0.25) is 14.9 Å². The van der Waals surface area contributed by atoms with Crippen LogP contribution in [0.5, 0.6) is 11.5 Å². The summed E-state index contributed by atoms with van der Waals surface area (Å²) in [5, 5.41) is 3.81. The Balaban J connectivity index is 1.30. The van der Waals surface area contributed by atoms with E-state index in [1.54, 1.807) is 72.8 Å². The second-order valence-corrected chi connectivity index (χ2v) is 10.2. The number of urea groups is 1. The molecule has 10 heteroatoms. The van der Waals surface area contributed by atoms with Crippen molar-refractivity contribution in [2.24, 2.45) is 0 Å². The first-order chi connectivity index (χ1) is 19.8. The minimum absolute atomic E-state index is 0.195. The maximum Gasteiger partial charge on any atom is 0.335 e. The zero-order chi connectivity index (χ0) is 28.9. The van der Waals surface area contributed by atoms with Crippen molar-refractivity contribution in [3.8, 4) is 11.5 Å². The number of nitrogens with zero attached hydrogens (tertiary/aromatic N) is 1. The highest BCUT2D eigenvalue weighted by molar-refractivity contribution is 6.39. The van der Waals surface area contributed by atoms with Crippen LogP contribution in [0.4, 0.5) is 10.5 Å². The highest BCUT2D eigenvalue weighted by Crippen LogP contribution is 2.27. The van der Waals surface area contributed by atoms with Crippen LogP contribution in [-0.4, -0.2) is 17.8 Å². The highest BCUT2D eigenvalue weighted by atomic mass is 35.5. The summed E-state index contributed by atoms with van der Waals surface area (Å²) in [5.74, 6) is -0.544. The number of ether oxygens (including phenoxy) is 2. The van der Waals surface area contributed by atoms with Gasteiger partial charge in [0.1, 0.15) is 30.3 Å². The van der Waals surface area contributed by atoms with E-state index in [1.807, 2.05) is 18.2 Å². The van der Waals surface area contributed by atoms with Crippen LogP contribution in [0.15, 0.2) is 96.6 Å². The Hall–Kier alpha value is -4.30. The topological polar surface area (TPSA) is 84.9 Å². The van der Waals surface area contributed by atoms with E-state index in [-0.39, 0.29) is 24.5 Å². The van der Waals surface area contributed by atoms with E-state index in [2.05, 4.69) is 5.32 Å². The molecule has 4 amide bonds. The summed E-state index contributed by atoms with van der Waals surface area (Å²) in [6.07, 6.45) is 1.41. The van der Waals surface area contributed by atoms with Gasteiger partial charge in [0.25, 0.3) is 11.8 Å². The molecule has 0 atom stereocenters. The van der Waals surface area contributed by atoms with Gasteiger partial charge in [-0.2, -0.15) is 0 Å². The molecule has 4 aromatic rings. The van der Waals surface area contributed by atoms with Crippen LogP contribution in [0.3, 0.4) is 0 Å². The van der Waals surface area contributed by atoms with Crippen LogP contribution < -0.4 is 19.7 Å². The quantitative estimate of drug-likeness (QED) is 0.166. The van der Waals surface area contributed by atoms with Crippen molar-refractivity contribution < 1.29 is 23.9 Å². The number of imide groups is 2. The Bertz CT molecular complexity index is 1670. The first-order valence-corrected chi connectivity index (χ1v) is 13.5. The Morgan fingerprint density at radius 2 is 1.41 bits per heavy atom. The fourth-order valence-electron chi connectivity index (χ4n) is 4.02. The summed E-state index contributed by atoms with van der Waals surface area (Å²) >= 11 is 18.3. The lowest BCUT2D eigenvalue weighted by molar-refractivity contribution is -0.122. The molecule has 7 nitrogen and oxygen atoms in total. The smallest absolute Gasteiger partial charge is 0.335 e. The lowest BCUT2D eigenvalue weighted by Gasteiger charge is -2.26. The van der Waals surface area contributed by atoms with Crippen LogP contribution in [0.1, 0.15) is 16.7 Å². The van der Waals surface area contributed by atoms with Gasteiger partial charge in [-0.25, -0.2) is 9.69 Å². The maximum atomic E-state index is 13.3. The third-order valence-corrected chi connectivity index (χ3v) is 7.08. The van der Waals surface area contributed by atoms with Gasteiger partial charge in [0.2, 0.25) is 0 Å². The van der Waals surface area contributed by atoms with Gasteiger partial charge in [0.05, 0.1) is 5.69 Å². The predicted octanol–water partition coefficient (Wildman–Crippen LogP) is 7.47. The molecular formula is C31H21Cl3N2O5. The molecule has 1 N–H and O–H groups in total. The molecule has 0 radical (unpaired) electrons. The average Bonchev–Trinajstić information content (AvgIpc) is 2.95. The summed E-state index contributed by atoms with van der Waals surface area (Å²) in [4.78, 5) is 39.5. The SMILES string of the molecule is O=C1NC(=O)N(c2ccc(OCc3ccc(Cl)cc3Cl)cc2)C(=O)/C1=C\c1cccc(OCc2ccccc2Cl)c1. The van der Waals surface area contributed by atoms with E-state index in [4.69, 9.17) is 44.3 Å². The van der Waals surface area contributed by atoms with E-state index < -0.39 is 17.8 Å². The number of anilines is 1. The molecule has 1 heterocycles. The molecule has 1 fully saturated rings. The largest absolute Gasteiger partial charge is 0.489 e. The molecule has 1 saturated heterocycles. The predicted molar refractivity (Wildman–Crippen MR) is 158 cm³/mol. The summed E-state index contributed by atoms with van der Waals surface area (Å²) in [6, 6.07) is 24.8. The molecule has 0 aromatic heterocycles. The van der Waals surface area contributed by atoms with Crippen LogP contribution in [0.25, 0.3) is 6.08 Å². The molecule has 5 rings (SSSR count). The van der Waals surface area contributed by atoms with Crippen LogP contribution in [0.2, 0.25) is 15.1 Å². The van der Waals surface area contributed by atoms with Gasteiger partial charge in [0, 0.05) is 26.2 Å². The molecule has 0 aliphatic carbocycles. The van der Waals surface area contributed by atoms with Gasteiger partial charge in [-0.1, -0.05) is 71.2 Å². The zero-order valence-electron chi connectivity index (χ0n) is 21.3. The number of amides is 4. The molecule has 0 bridgehead atoms. The summed E-state index contributed by atoms with van der Waals surface area (Å²) in [7, 11) is 0. The van der Waals surface area contributed by atoms with Crippen LogP contribution >= 0.6 is 34.8 Å². The fraction of sp³-hybridized carbons (Fsp3) is 0.0645. The van der Waals surface area contributed by atoms with Crippen molar-refractivity contribution in [2.75, 3.05) is 4.90 Å². The third-order valence-electron chi connectivity index (χ3n) is 6.13. The number of halogens is 3. The van der Waals surface area contributed by atoms with E-state index in [0.717, 1.165) is 16.0 Å². The fourth-order valence-corrected chi connectivity index (χ4v) is 4.67. The van der Waals surface area contributed by atoms with Gasteiger partial charge in [0.15, 0.2) is 0 Å². The Labute approximate surface area is 250 Å². The van der Waals surface area contributed by atoms with Crippen molar-refractivity contribution in [1.29, 1.82) is 0 Å². The number of barbiturate groups is 1. The van der Waals surface area contributed by atoms with Crippen molar-refractivity contribution in [1.82, 2.24) is 5.32 Å². The number of hydrogen-bond acceptors (Lipinski definition) is 5. The lowest BCUT2D eigenvalue weighted by atomic mass is 10.1. The van der Waals surface area contributed by atoms with E-state index in [9.17, 15) is 14.4 Å². The summed E-state index contributed by atoms with van der Waals surface area (Å²) in [5.41, 5.74) is 2.17. The van der Waals surface area contributed by atoms with E-state index in [0.29, 0.717) is 32.1 Å². The Morgan fingerprint density at radius 3 is 2.15 bits per heavy atom. The van der Waals surface area contributed by atoms with Crippen molar-refractivity contribution in [2.45, 2.75) is 13.2 Å². The molecule has 0 unspecified atom stereocenters. The minimum Gasteiger partial charge on any atom is -0.489 e. The number of carbonyl (C=O) groups is 3. The summed E-state index contributed by atoms with van der Waals surface area (Å²) in [6.45, 7) is 0.439. The Morgan fingerprint density at radius 1 is 0.707 bits per heavy atom. The molecule has 0 spiro atoms. The molecule has 1 aliphatic rings. The second kappa shape index (κ2) is 12.5. The monoisotopic (exact) mass is 606 g/mol. The molecule has 41 heavy (non-hydrogen) atoms. The standard InChI is InChI=1S/C31H21Cl3N2O5/c32-22-9-8-21(28(34)16-22)18-40-24-12-10-23(11-13-24)36-30(38)26(29(37)35-31(36)39)15-19-4-3-6-25(14-19)41-17-20-5-1-2-7-27(20)33/h1-16H,17-18H2,(H,35,37,39)/b26-15-. The normalized spacial score (nSPS) is 14.3. The number of rotatable bonds is 8. The van der Waals surface area contributed by atoms with Crippen LogP contribution in [-0.2, 0) is 22.8 Å². The summed E-state index contributed by atoms with van der Waals surface area (Å²) < 4.78 is 11.6. The first-order valence-electron chi connectivity index (χ1n) is 12.3. The van der Waals surface area contributed by atoms with E-state index in [1.165, 1.54) is 6.08 Å². The van der Waals surface area contributed by atoms with Gasteiger partial charge < -0.3 is 9.47 Å². The van der Waals surface area contributed by atoms with Crippen molar-refractivity contribution >= 4 is 64.4 Å². The number of hydrogen-bond donors (Lipinski definition) is 1. The van der Waals surface area contributed by atoms with E-state index >= 15 is 0 Å². The number of carbonyl (C=O) groups excluding carboxylic acids is 3. The maximum absolute atomic E-state index is 13.3. The average molecular weight is 608 g/mol. The lowest BCUT2D eigenvalue weighted by Crippen LogP contribution is -2.54. The second-order valence-electron chi connectivity index (χ2n) is 8.93. The van der Waals surface area contributed by atoms with Crippen molar-refractivity contribution in [3.05, 3.63) is 128 Å². The number of benzene rings is 4. The van der Waals surface area contributed by atoms with Gasteiger partial charge in [-0.05, 0) is 66.2 Å². The molecule has 206 valence electrons. The van der Waals surface area contributed by atoms with Gasteiger partial charge >= 0.3 is 6.03 Å². The third kappa shape index (κ3) is 6.72.